The van der Waals surface area contributed by atoms with Crippen molar-refractivity contribution in [3.05, 3.63) is 29.8 Å². The molecule has 1 atom stereocenters. The van der Waals surface area contributed by atoms with E-state index in [0.29, 0.717) is 12.3 Å². The molecule has 1 amide bonds. The second kappa shape index (κ2) is 6.15. The lowest BCUT2D eigenvalue weighted by Gasteiger charge is -2.26. The van der Waals surface area contributed by atoms with Crippen molar-refractivity contribution in [1.82, 2.24) is 0 Å². The zero-order chi connectivity index (χ0) is 14.6. The predicted molar refractivity (Wildman–Crippen MR) is 84.3 cm³/mol. The second-order valence-corrected chi connectivity index (χ2v) is 5.69. The third-order valence-corrected chi connectivity index (χ3v) is 4.03. The van der Waals surface area contributed by atoms with E-state index in [0.717, 1.165) is 11.3 Å². The average Bonchev–Trinajstić information content (AvgIpc) is 2.37. The lowest BCUT2D eigenvalue weighted by Crippen LogP contribution is -2.43. The van der Waals surface area contributed by atoms with Gasteiger partial charge in [-0.15, -0.1) is 0 Å². The molecule has 104 valence electrons. The van der Waals surface area contributed by atoms with E-state index in [1.807, 2.05) is 31.2 Å². The molecule has 0 spiro atoms. The van der Waals surface area contributed by atoms with E-state index in [-0.39, 0.29) is 10.9 Å². The van der Waals surface area contributed by atoms with Crippen LogP contribution in [0, 0.1) is 5.41 Å². The van der Waals surface area contributed by atoms with Gasteiger partial charge in [0.2, 0.25) is 5.91 Å². The Morgan fingerprint density at radius 1 is 1.42 bits per heavy atom. The summed E-state index contributed by atoms with van der Waals surface area (Å²) in [6.07, 6.45) is 0.581. The Balaban J connectivity index is 3.03. The van der Waals surface area contributed by atoms with E-state index in [4.69, 9.17) is 18.0 Å². The van der Waals surface area contributed by atoms with Gasteiger partial charge in [-0.1, -0.05) is 51.2 Å². The SMILES string of the molecule is CCC(C)(C(=O)Nc1ccccc1C(C)C)C(N)=S. The van der Waals surface area contributed by atoms with Crippen LogP contribution < -0.4 is 11.1 Å². The Morgan fingerprint density at radius 2 is 2.00 bits per heavy atom. The summed E-state index contributed by atoms with van der Waals surface area (Å²) >= 11 is 5.02. The van der Waals surface area contributed by atoms with Gasteiger partial charge in [0.1, 0.15) is 0 Å². The molecular weight excluding hydrogens is 256 g/mol. The standard InChI is InChI=1S/C15H22N2OS/c1-5-15(4,13(16)19)14(18)17-12-9-7-6-8-11(12)10(2)3/h6-10H,5H2,1-4H3,(H2,16,19)(H,17,18). The number of carbonyl (C=O) groups is 1. The normalized spacial score (nSPS) is 13.9. The summed E-state index contributed by atoms with van der Waals surface area (Å²) in [4.78, 5) is 12.6. The van der Waals surface area contributed by atoms with E-state index in [2.05, 4.69) is 19.2 Å². The minimum absolute atomic E-state index is 0.143. The highest BCUT2D eigenvalue weighted by Crippen LogP contribution is 2.28. The van der Waals surface area contributed by atoms with Crippen molar-refractivity contribution in [2.75, 3.05) is 5.32 Å². The Labute approximate surface area is 120 Å². The van der Waals surface area contributed by atoms with Gasteiger partial charge in [-0.25, -0.2) is 0 Å². The van der Waals surface area contributed by atoms with Crippen molar-refractivity contribution in [2.45, 2.75) is 40.0 Å². The highest BCUT2D eigenvalue weighted by atomic mass is 32.1. The molecule has 0 fully saturated rings. The molecular formula is C15H22N2OS. The molecule has 19 heavy (non-hydrogen) atoms. The van der Waals surface area contributed by atoms with Crippen LogP contribution in [0.2, 0.25) is 0 Å². The van der Waals surface area contributed by atoms with Crippen LogP contribution in [-0.4, -0.2) is 10.9 Å². The molecule has 0 saturated heterocycles. The molecule has 1 unspecified atom stereocenters. The first-order valence-electron chi connectivity index (χ1n) is 6.53. The molecule has 0 aliphatic heterocycles. The van der Waals surface area contributed by atoms with Gasteiger partial charge in [-0.05, 0) is 30.9 Å². The Morgan fingerprint density at radius 3 is 2.47 bits per heavy atom. The summed E-state index contributed by atoms with van der Waals surface area (Å²) in [6, 6.07) is 7.80. The number of rotatable bonds is 5. The van der Waals surface area contributed by atoms with Gasteiger partial charge in [0.05, 0.1) is 10.4 Å². The fourth-order valence-corrected chi connectivity index (χ4v) is 2.06. The van der Waals surface area contributed by atoms with Crippen LogP contribution in [0.1, 0.15) is 45.6 Å². The van der Waals surface area contributed by atoms with Crippen LogP contribution in [-0.2, 0) is 4.79 Å². The number of anilines is 1. The number of hydrogen-bond donors (Lipinski definition) is 2. The molecule has 3 N–H and O–H groups in total. The van der Waals surface area contributed by atoms with Crippen LogP contribution in [0.5, 0.6) is 0 Å². The minimum atomic E-state index is -0.806. The van der Waals surface area contributed by atoms with Crippen molar-refractivity contribution in [3.63, 3.8) is 0 Å². The number of nitrogens with one attached hydrogen (secondary N) is 1. The molecule has 0 bridgehead atoms. The number of hydrogen-bond acceptors (Lipinski definition) is 2. The molecule has 0 radical (unpaired) electrons. The van der Waals surface area contributed by atoms with Crippen molar-refractivity contribution >= 4 is 28.8 Å². The van der Waals surface area contributed by atoms with Gasteiger partial charge in [-0.3, -0.25) is 4.79 Å². The van der Waals surface area contributed by atoms with Gasteiger partial charge in [0.25, 0.3) is 0 Å². The molecule has 1 rings (SSSR count). The van der Waals surface area contributed by atoms with E-state index >= 15 is 0 Å². The van der Waals surface area contributed by atoms with Crippen LogP contribution in [0.25, 0.3) is 0 Å². The quantitative estimate of drug-likeness (QED) is 0.811. The van der Waals surface area contributed by atoms with Gasteiger partial charge in [-0.2, -0.15) is 0 Å². The fourth-order valence-electron chi connectivity index (χ4n) is 1.82. The Bertz CT molecular complexity index is 485. The fraction of sp³-hybridized carbons (Fsp3) is 0.467. The number of nitrogens with two attached hydrogens (primary N) is 1. The molecule has 4 heteroatoms. The number of thiocarbonyl (C=S) groups is 1. The molecule has 0 saturated carbocycles. The molecule has 0 aliphatic rings. The zero-order valence-corrected chi connectivity index (χ0v) is 12.8. The number of carbonyl (C=O) groups excluding carboxylic acids is 1. The van der Waals surface area contributed by atoms with Gasteiger partial charge in [0.15, 0.2) is 0 Å². The summed E-state index contributed by atoms with van der Waals surface area (Å²) in [5, 5.41) is 2.96. The van der Waals surface area contributed by atoms with Crippen LogP contribution in [0.3, 0.4) is 0 Å². The molecule has 0 heterocycles. The molecule has 1 aromatic rings. The molecule has 0 aromatic heterocycles. The van der Waals surface area contributed by atoms with Crippen LogP contribution in [0.4, 0.5) is 5.69 Å². The summed E-state index contributed by atoms with van der Waals surface area (Å²) in [6.45, 7) is 7.88. The Hall–Kier alpha value is -1.42. The van der Waals surface area contributed by atoms with Crippen molar-refractivity contribution in [3.8, 4) is 0 Å². The molecule has 1 aromatic carbocycles. The predicted octanol–water partition coefficient (Wildman–Crippen LogP) is 3.45. The maximum absolute atomic E-state index is 12.4. The third kappa shape index (κ3) is 3.32. The largest absolute Gasteiger partial charge is 0.392 e. The lowest BCUT2D eigenvalue weighted by atomic mass is 9.86. The summed E-state index contributed by atoms with van der Waals surface area (Å²) < 4.78 is 0. The maximum atomic E-state index is 12.4. The number of amides is 1. The van der Waals surface area contributed by atoms with E-state index in [9.17, 15) is 4.79 Å². The molecule has 3 nitrogen and oxygen atoms in total. The number of benzene rings is 1. The smallest absolute Gasteiger partial charge is 0.237 e. The lowest BCUT2D eigenvalue weighted by molar-refractivity contribution is -0.121. The van der Waals surface area contributed by atoms with Crippen molar-refractivity contribution in [2.24, 2.45) is 11.1 Å². The van der Waals surface area contributed by atoms with Gasteiger partial charge >= 0.3 is 0 Å². The highest BCUT2D eigenvalue weighted by molar-refractivity contribution is 7.80. The first-order valence-corrected chi connectivity index (χ1v) is 6.94. The van der Waals surface area contributed by atoms with Gasteiger partial charge < -0.3 is 11.1 Å². The monoisotopic (exact) mass is 278 g/mol. The van der Waals surface area contributed by atoms with E-state index < -0.39 is 5.41 Å². The van der Waals surface area contributed by atoms with Gasteiger partial charge in [0, 0.05) is 5.69 Å². The zero-order valence-electron chi connectivity index (χ0n) is 12.0. The summed E-state index contributed by atoms with van der Waals surface area (Å²) in [7, 11) is 0. The maximum Gasteiger partial charge on any atom is 0.237 e. The van der Waals surface area contributed by atoms with E-state index in [1.54, 1.807) is 6.92 Å². The highest BCUT2D eigenvalue weighted by Gasteiger charge is 2.34. The topological polar surface area (TPSA) is 55.1 Å². The summed E-state index contributed by atoms with van der Waals surface area (Å²) in [5.74, 6) is 0.199. The number of para-hydroxylation sites is 1. The van der Waals surface area contributed by atoms with Crippen molar-refractivity contribution in [1.29, 1.82) is 0 Å². The third-order valence-electron chi connectivity index (χ3n) is 3.58. The van der Waals surface area contributed by atoms with Crippen molar-refractivity contribution < 1.29 is 4.79 Å². The first-order chi connectivity index (χ1) is 8.82. The molecule has 0 aliphatic carbocycles. The second-order valence-electron chi connectivity index (χ2n) is 5.25. The van der Waals surface area contributed by atoms with E-state index in [1.165, 1.54) is 0 Å². The summed E-state index contributed by atoms with van der Waals surface area (Å²) in [5.41, 5.74) is 6.84. The average molecular weight is 278 g/mol. The Kier molecular flexibility index (Phi) is 5.06. The minimum Gasteiger partial charge on any atom is -0.392 e. The van der Waals surface area contributed by atoms with Crippen LogP contribution in [0.15, 0.2) is 24.3 Å². The first kappa shape index (κ1) is 15.6. The van der Waals surface area contributed by atoms with Crippen LogP contribution >= 0.6 is 12.2 Å².